The number of benzene rings is 1. The summed E-state index contributed by atoms with van der Waals surface area (Å²) in [6.07, 6.45) is 2.94. The van der Waals surface area contributed by atoms with Gasteiger partial charge in [0.15, 0.2) is 0 Å². The lowest BCUT2D eigenvalue weighted by molar-refractivity contribution is -0.177. The first-order valence-electron chi connectivity index (χ1n) is 7.14. The number of ether oxygens (including phenoxy) is 1. The number of rotatable bonds is 2. The minimum absolute atomic E-state index is 0.228. The molecule has 1 aromatic carbocycles. The van der Waals surface area contributed by atoms with Gasteiger partial charge in [-0.15, -0.1) is 0 Å². The van der Waals surface area contributed by atoms with E-state index < -0.39 is 0 Å². The van der Waals surface area contributed by atoms with Gasteiger partial charge in [0.05, 0.1) is 6.10 Å². The van der Waals surface area contributed by atoms with Gasteiger partial charge in [0, 0.05) is 34.1 Å². The van der Waals surface area contributed by atoms with Crippen LogP contribution >= 0.6 is 15.9 Å². The summed E-state index contributed by atoms with van der Waals surface area (Å²) < 4.78 is 7.13. The maximum absolute atomic E-state index is 5.96. The Kier molecular flexibility index (Phi) is 3.38. The molecule has 1 aliphatic heterocycles. The highest BCUT2D eigenvalue weighted by molar-refractivity contribution is 9.10. The Morgan fingerprint density at radius 2 is 2.16 bits per heavy atom. The fourth-order valence-corrected chi connectivity index (χ4v) is 3.98. The van der Waals surface area contributed by atoms with Crippen LogP contribution in [0.15, 0.2) is 22.7 Å². The third-order valence-corrected chi connectivity index (χ3v) is 5.70. The largest absolute Gasteiger partial charge is 0.381 e. The molecule has 2 nitrogen and oxygen atoms in total. The van der Waals surface area contributed by atoms with Crippen LogP contribution in [0.3, 0.4) is 0 Å². The smallest absolute Gasteiger partial charge is 0.0693 e. The van der Waals surface area contributed by atoms with Crippen molar-refractivity contribution in [3.8, 4) is 0 Å². The lowest BCUT2D eigenvalue weighted by atomic mass is 9.55. The van der Waals surface area contributed by atoms with E-state index in [-0.39, 0.29) is 5.41 Å². The summed E-state index contributed by atoms with van der Waals surface area (Å²) in [6, 6.07) is 7.03. The first kappa shape index (κ1) is 13.4. The van der Waals surface area contributed by atoms with Gasteiger partial charge >= 0.3 is 0 Å². The Labute approximate surface area is 124 Å². The Morgan fingerprint density at radius 3 is 2.89 bits per heavy atom. The second-order valence-corrected chi connectivity index (χ2v) is 7.36. The van der Waals surface area contributed by atoms with Gasteiger partial charge in [-0.25, -0.2) is 0 Å². The van der Waals surface area contributed by atoms with Crippen LogP contribution in [0.4, 0.5) is 5.69 Å². The minimum atomic E-state index is 0.228. The average Bonchev–Trinajstić information content (AvgIpc) is 2.40. The van der Waals surface area contributed by atoms with Gasteiger partial charge in [-0.1, -0.05) is 29.8 Å². The number of hydrogen-bond acceptors (Lipinski definition) is 2. The summed E-state index contributed by atoms with van der Waals surface area (Å²) in [5.74, 6) is 0.674. The SMILES string of the molecule is Cc1cc(NC2C3CCCOC3C2(C)C)ccc1Br. The number of fused-ring (bicyclic) bond motifs is 1. The van der Waals surface area contributed by atoms with Gasteiger partial charge in [0.2, 0.25) is 0 Å². The highest BCUT2D eigenvalue weighted by atomic mass is 79.9. The highest BCUT2D eigenvalue weighted by Gasteiger charge is 2.57. The Balaban J connectivity index is 1.77. The number of nitrogens with one attached hydrogen (secondary N) is 1. The molecule has 1 aliphatic carbocycles. The second-order valence-electron chi connectivity index (χ2n) is 6.50. The lowest BCUT2D eigenvalue weighted by Crippen LogP contribution is -2.67. The molecule has 1 aromatic rings. The van der Waals surface area contributed by atoms with Crippen molar-refractivity contribution in [1.29, 1.82) is 0 Å². The predicted molar refractivity (Wildman–Crippen MR) is 82.5 cm³/mol. The summed E-state index contributed by atoms with van der Waals surface area (Å²) in [5.41, 5.74) is 2.73. The quantitative estimate of drug-likeness (QED) is 0.872. The molecule has 0 aromatic heterocycles. The number of aryl methyl sites for hydroxylation is 1. The van der Waals surface area contributed by atoms with E-state index >= 15 is 0 Å². The predicted octanol–water partition coefficient (Wildman–Crippen LogP) is 4.37. The normalized spacial score (nSPS) is 32.3. The molecule has 2 aliphatic rings. The molecule has 3 atom stereocenters. The molecule has 104 valence electrons. The van der Waals surface area contributed by atoms with E-state index in [1.165, 1.54) is 28.6 Å². The van der Waals surface area contributed by atoms with Gasteiger partial charge in [0.1, 0.15) is 0 Å². The van der Waals surface area contributed by atoms with Crippen molar-refractivity contribution >= 4 is 21.6 Å². The molecule has 1 saturated carbocycles. The molecular formula is C16H22BrNO. The summed E-state index contributed by atoms with van der Waals surface area (Å²) in [6.45, 7) is 7.72. The molecule has 3 rings (SSSR count). The van der Waals surface area contributed by atoms with Crippen molar-refractivity contribution < 1.29 is 4.74 Å². The van der Waals surface area contributed by atoms with Crippen molar-refractivity contribution in [3.05, 3.63) is 28.2 Å². The van der Waals surface area contributed by atoms with Crippen molar-refractivity contribution in [2.45, 2.75) is 45.8 Å². The van der Waals surface area contributed by atoms with E-state index in [0.717, 1.165) is 6.61 Å². The molecule has 0 amide bonds. The Bertz CT molecular complexity index is 486. The Morgan fingerprint density at radius 1 is 1.37 bits per heavy atom. The monoisotopic (exact) mass is 323 g/mol. The molecule has 1 saturated heterocycles. The maximum Gasteiger partial charge on any atom is 0.0693 e. The van der Waals surface area contributed by atoms with Crippen LogP contribution in [0.1, 0.15) is 32.3 Å². The van der Waals surface area contributed by atoms with Crippen molar-refractivity contribution in [2.24, 2.45) is 11.3 Å². The van der Waals surface area contributed by atoms with Crippen LogP contribution in [0.5, 0.6) is 0 Å². The van der Waals surface area contributed by atoms with E-state index in [4.69, 9.17) is 4.74 Å². The topological polar surface area (TPSA) is 21.3 Å². The van der Waals surface area contributed by atoms with Gasteiger partial charge in [-0.2, -0.15) is 0 Å². The molecule has 0 radical (unpaired) electrons. The first-order valence-corrected chi connectivity index (χ1v) is 7.94. The molecule has 0 bridgehead atoms. The van der Waals surface area contributed by atoms with E-state index in [2.05, 4.69) is 60.2 Å². The number of hydrogen-bond donors (Lipinski definition) is 1. The molecule has 19 heavy (non-hydrogen) atoms. The first-order chi connectivity index (χ1) is 9.00. The number of halogens is 1. The summed E-state index contributed by atoms with van der Waals surface area (Å²) in [5, 5.41) is 3.74. The van der Waals surface area contributed by atoms with Crippen molar-refractivity contribution in [3.63, 3.8) is 0 Å². The van der Waals surface area contributed by atoms with Crippen molar-refractivity contribution in [2.75, 3.05) is 11.9 Å². The third kappa shape index (κ3) is 2.21. The highest BCUT2D eigenvalue weighted by Crippen LogP contribution is 2.52. The average molecular weight is 324 g/mol. The summed E-state index contributed by atoms with van der Waals surface area (Å²) >= 11 is 3.56. The molecule has 1 heterocycles. The lowest BCUT2D eigenvalue weighted by Gasteiger charge is -2.60. The zero-order valence-electron chi connectivity index (χ0n) is 11.9. The molecule has 0 spiro atoms. The molecule has 2 fully saturated rings. The van der Waals surface area contributed by atoms with E-state index in [0.29, 0.717) is 18.1 Å². The van der Waals surface area contributed by atoms with Crippen LogP contribution in [0, 0.1) is 18.3 Å². The summed E-state index contributed by atoms with van der Waals surface area (Å²) in [4.78, 5) is 0. The van der Waals surface area contributed by atoms with Crippen LogP contribution in [0.25, 0.3) is 0 Å². The van der Waals surface area contributed by atoms with E-state index in [1.807, 2.05) is 0 Å². The van der Waals surface area contributed by atoms with E-state index in [9.17, 15) is 0 Å². The van der Waals surface area contributed by atoms with Crippen LogP contribution in [-0.4, -0.2) is 18.8 Å². The number of anilines is 1. The standard InChI is InChI=1S/C16H22BrNO/c1-10-9-11(6-7-13(10)17)18-14-12-5-4-8-19-15(12)16(14,2)3/h6-7,9,12,14-15,18H,4-5,8H2,1-3H3. The maximum atomic E-state index is 5.96. The minimum Gasteiger partial charge on any atom is -0.381 e. The fourth-order valence-electron chi connectivity index (χ4n) is 3.73. The second kappa shape index (κ2) is 4.78. The summed E-state index contributed by atoms with van der Waals surface area (Å²) in [7, 11) is 0. The molecule has 3 unspecified atom stereocenters. The zero-order valence-corrected chi connectivity index (χ0v) is 13.5. The van der Waals surface area contributed by atoms with Gasteiger partial charge in [-0.05, 0) is 43.5 Å². The third-order valence-electron chi connectivity index (χ3n) is 4.81. The van der Waals surface area contributed by atoms with Gasteiger partial charge < -0.3 is 10.1 Å². The van der Waals surface area contributed by atoms with Crippen molar-refractivity contribution in [1.82, 2.24) is 0 Å². The van der Waals surface area contributed by atoms with E-state index in [1.54, 1.807) is 0 Å². The molecular weight excluding hydrogens is 302 g/mol. The van der Waals surface area contributed by atoms with Crippen LogP contribution < -0.4 is 5.32 Å². The molecule has 1 N–H and O–H groups in total. The fraction of sp³-hybridized carbons (Fsp3) is 0.625. The van der Waals surface area contributed by atoms with Gasteiger partial charge in [-0.3, -0.25) is 0 Å². The Hall–Kier alpha value is -0.540. The van der Waals surface area contributed by atoms with Gasteiger partial charge in [0.25, 0.3) is 0 Å². The van der Waals surface area contributed by atoms with Crippen LogP contribution in [-0.2, 0) is 4.74 Å². The molecule has 3 heteroatoms. The van der Waals surface area contributed by atoms with Crippen LogP contribution in [0.2, 0.25) is 0 Å². The zero-order chi connectivity index (χ0) is 13.6.